The van der Waals surface area contributed by atoms with Gasteiger partial charge in [0.05, 0.1) is 0 Å². The monoisotopic (exact) mass is 216 g/mol. The minimum Gasteiger partial charge on any atom is -0.487 e. The molecule has 0 atom stereocenters. The molecule has 0 unspecified atom stereocenters. The number of ether oxygens (including phenoxy) is 1. The molecule has 0 aliphatic heterocycles. The average Bonchev–Trinajstić information content (AvgIpc) is 2.30. The lowest BCUT2D eigenvalue weighted by Gasteiger charge is -2.34. The van der Waals surface area contributed by atoms with E-state index in [1.54, 1.807) is 0 Å². The molecule has 1 aromatic rings. The lowest BCUT2D eigenvalue weighted by molar-refractivity contribution is 0.0485. The molecular formula is C15H20O. The zero-order valence-corrected chi connectivity index (χ0v) is 10.0. The molecule has 0 saturated heterocycles. The van der Waals surface area contributed by atoms with Crippen LogP contribution >= 0.6 is 0 Å². The van der Waals surface area contributed by atoms with Gasteiger partial charge < -0.3 is 4.74 Å². The van der Waals surface area contributed by atoms with Gasteiger partial charge in [-0.05, 0) is 38.7 Å². The molecule has 0 bridgehead atoms. The second-order valence-corrected chi connectivity index (χ2v) is 4.85. The quantitative estimate of drug-likeness (QED) is 0.726. The van der Waals surface area contributed by atoms with Gasteiger partial charge in [0.1, 0.15) is 11.4 Å². The van der Waals surface area contributed by atoms with Gasteiger partial charge in [0.2, 0.25) is 0 Å². The van der Waals surface area contributed by atoms with Crippen LogP contribution < -0.4 is 4.74 Å². The van der Waals surface area contributed by atoms with Crippen molar-refractivity contribution in [1.29, 1.82) is 0 Å². The molecule has 16 heavy (non-hydrogen) atoms. The first kappa shape index (κ1) is 11.3. The summed E-state index contributed by atoms with van der Waals surface area (Å²) in [5.41, 5.74) is 1.12. The highest BCUT2D eigenvalue weighted by atomic mass is 16.5. The maximum Gasteiger partial charge on any atom is 0.127 e. The lowest BCUT2D eigenvalue weighted by atomic mass is 9.86. The van der Waals surface area contributed by atoms with E-state index in [1.807, 2.05) is 24.3 Å². The fourth-order valence-electron chi connectivity index (χ4n) is 2.41. The molecule has 0 radical (unpaired) electrons. The lowest BCUT2D eigenvalue weighted by Crippen LogP contribution is -2.34. The highest BCUT2D eigenvalue weighted by Crippen LogP contribution is 2.34. The van der Waals surface area contributed by atoms with Crippen molar-refractivity contribution >= 4 is 6.08 Å². The second kappa shape index (κ2) is 4.73. The fraction of sp³-hybridized carbons (Fsp3) is 0.467. The Labute approximate surface area is 98.1 Å². The summed E-state index contributed by atoms with van der Waals surface area (Å²) in [4.78, 5) is 0. The number of hydrogen-bond acceptors (Lipinski definition) is 1. The van der Waals surface area contributed by atoms with E-state index in [0.29, 0.717) is 0 Å². The third kappa shape index (κ3) is 2.46. The zero-order valence-electron chi connectivity index (χ0n) is 10.0. The first-order chi connectivity index (χ1) is 7.73. The molecule has 0 N–H and O–H groups in total. The Bertz CT molecular complexity index is 361. The largest absolute Gasteiger partial charge is 0.487 e. The Hall–Kier alpha value is -1.24. The van der Waals surface area contributed by atoms with Crippen LogP contribution in [-0.4, -0.2) is 5.60 Å². The van der Waals surface area contributed by atoms with Crippen LogP contribution in [0.3, 0.4) is 0 Å². The van der Waals surface area contributed by atoms with E-state index >= 15 is 0 Å². The molecule has 0 heterocycles. The summed E-state index contributed by atoms with van der Waals surface area (Å²) >= 11 is 0. The van der Waals surface area contributed by atoms with Crippen molar-refractivity contribution in [3.63, 3.8) is 0 Å². The van der Waals surface area contributed by atoms with E-state index in [4.69, 9.17) is 4.74 Å². The molecule has 0 amide bonds. The summed E-state index contributed by atoms with van der Waals surface area (Å²) in [6, 6.07) is 8.13. The molecule has 1 aromatic carbocycles. The van der Waals surface area contributed by atoms with Gasteiger partial charge >= 0.3 is 0 Å². The van der Waals surface area contributed by atoms with Gasteiger partial charge in [-0.2, -0.15) is 0 Å². The molecule has 0 spiro atoms. The number of rotatable bonds is 3. The van der Waals surface area contributed by atoms with Gasteiger partial charge in [-0.1, -0.05) is 37.3 Å². The topological polar surface area (TPSA) is 9.23 Å². The van der Waals surface area contributed by atoms with E-state index in [-0.39, 0.29) is 5.60 Å². The van der Waals surface area contributed by atoms with Gasteiger partial charge in [-0.25, -0.2) is 0 Å². The van der Waals surface area contributed by atoms with Crippen LogP contribution in [0.15, 0.2) is 30.8 Å². The van der Waals surface area contributed by atoms with Gasteiger partial charge in [0.25, 0.3) is 0 Å². The predicted molar refractivity (Wildman–Crippen MR) is 68.7 cm³/mol. The zero-order chi connectivity index (χ0) is 11.4. The summed E-state index contributed by atoms with van der Waals surface area (Å²) in [5, 5.41) is 0. The molecule has 2 rings (SSSR count). The SMILES string of the molecule is C=Cc1ccccc1OC1(C)CCCCC1. The summed E-state index contributed by atoms with van der Waals surface area (Å²) in [5.74, 6) is 0.974. The van der Waals surface area contributed by atoms with E-state index in [0.717, 1.165) is 11.3 Å². The normalized spacial score (nSPS) is 19.1. The smallest absolute Gasteiger partial charge is 0.127 e. The van der Waals surface area contributed by atoms with Crippen molar-refractivity contribution in [1.82, 2.24) is 0 Å². The Morgan fingerprint density at radius 3 is 2.56 bits per heavy atom. The maximum absolute atomic E-state index is 6.19. The Morgan fingerprint density at radius 2 is 1.88 bits per heavy atom. The van der Waals surface area contributed by atoms with Crippen molar-refractivity contribution in [3.8, 4) is 5.75 Å². The van der Waals surface area contributed by atoms with Gasteiger partial charge in [0, 0.05) is 5.56 Å². The number of para-hydroxylation sites is 1. The van der Waals surface area contributed by atoms with Crippen molar-refractivity contribution in [3.05, 3.63) is 36.4 Å². The Morgan fingerprint density at radius 1 is 1.19 bits per heavy atom. The molecule has 0 aromatic heterocycles. The molecule has 1 nitrogen and oxygen atoms in total. The number of hydrogen-bond donors (Lipinski definition) is 0. The van der Waals surface area contributed by atoms with Crippen molar-refractivity contribution in [2.24, 2.45) is 0 Å². The molecule has 1 aliphatic rings. The minimum atomic E-state index is 0.0252. The van der Waals surface area contributed by atoms with Crippen LogP contribution in [0.25, 0.3) is 6.08 Å². The van der Waals surface area contributed by atoms with Gasteiger partial charge in [-0.3, -0.25) is 0 Å². The van der Waals surface area contributed by atoms with Crippen molar-refractivity contribution < 1.29 is 4.74 Å². The molecular weight excluding hydrogens is 196 g/mol. The van der Waals surface area contributed by atoms with Crippen LogP contribution in [0, 0.1) is 0 Å². The highest BCUT2D eigenvalue weighted by molar-refractivity contribution is 5.55. The third-order valence-corrected chi connectivity index (χ3v) is 3.41. The molecule has 1 aliphatic carbocycles. The van der Waals surface area contributed by atoms with E-state index in [1.165, 1.54) is 32.1 Å². The van der Waals surface area contributed by atoms with Crippen molar-refractivity contribution in [2.45, 2.75) is 44.6 Å². The first-order valence-corrected chi connectivity index (χ1v) is 6.14. The number of benzene rings is 1. The summed E-state index contributed by atoms with van der Waals surface area (Å²) in [7, 11) is 0. The molecule has 86 valence electrons. The average molecular weight is 216 g/mol. The van der Waals surface area contributed by atoms with Crippen LogP contribution in [0.1, 0.15) is 44.6 Å². The van der Waals surface area contributed by atoms with Gasteiger partial charge in [0.15, 0.2) is 0 Å². The maximum atomic E-state index is 6.19. The van der Waals surface area contributed by atoms with Crippen LogP contribution in [0.4, 0.5) is 0 Å². The molecule has 1 fully saturated rings. The summed E-state index contributed by atoms with van der Waals surface area (Å²) in [6.07, 6.45) is 8.11. The first-order valence-electron chi connectivity index (χ1n) is 6.14. The molecule has 1 heteroatoms. The minimum absolute atomic E-state index is 0.0252. The summed E-state index contributed by atoms with van der Waals surface area (Å²) in [6.45, 7) is 6.06. The van der Waals surface area contributed by atoms with Crippen molar-refractivity contribution in [2.75, 3.05) is 0 Å². The van der Waals surface area contributed by atoms with Crippen LogP contribution in [-0.2, 0) is 0 Å². The van der Waals surface area contributed by atoms with E-state index in [2.05, 4.69) is 19.6 Å². The fourth-order valence-corrected chi connectivity index (χ4v) is 2.41. The molecule has 1 saturated carbocycles. The van der Waals surface area contributed by atoms with Gasteiger partial charge in [-0.15, -0.1) is 0 Å². The summed E-state index contributed by atoms with van der Waals surface area (Å²) < 4.78 is 6.19. The Balaban J connectivity index is 2.15. The van der Waals surface area contributed by atoms with Crippen LogP contribution in [0.5, 0.6) is 5.75 Å². The second-order valence-electron chi connectivity index (χ2n) is 4.85. The third-order valence-electron chi connectivity index (χ3n) is 3.41. The van der Waals surface area contributed by atoms with Crippen LogP contribution in [0.2, 0.25) is 0 Å². The standard InChI is InChI=1S/C15H20O/c1-3-13-9-5-6-10-14(13)16-15(2)11-7-4-8-12-15/h3,5-6,9-10H,1,4,7-8,11-12H2,2H3. The van der Waals surface area contributed by atoms with E-state index < -0.39 is 0 Å². The predicted octanol–water partition coefficient (Wildman–Crippen LogP) is 4.43. The highest BCUT2D eigenvalue weighted by Gasteiger charge is 2.29. The Kier molecular flexibility index (Phi) is 3.33. The van der Waals surface area contributed by atoms with E-state index in [9.17, 15) is 0 Å².